The van der Waals surface area contributed by atoms with Crippen molar-refractivity contribution in [3.05, 3.63) is 64.2 Å². The molecule has 2 atom stereocenters. The molecule has 208 valence electrons. The Morgan fingerprint density at radius 3 is 2.36 bits per heavy atom. The van der Waals surface area contributed by atoms with E-state index in [1.807, 2.05) is 26.8 Å². The molecule has 39 heavy (non-hydrogen) atoms. The molecule has 1 saturated carbocycles. The Bertz CT molecular complexity index is 1240. The summed E-state index contributed by atoms with van der Waals surface area (Å²) in [6, 6.07) is 10.3. The summed E-state index contributed by atoms with van der Waals surface area (Å²) in [5.41, 5.74) is 1.57. The number of anilines is 1. The number of halogens is 1. The second-order valence-corrected chi connectivity index (χ2v) is 11.8. The molecule has 0 aromatic heterocycles. The molecule has 2 unspecified atom stereocenters. The van der Waals surface area contributed by atoms with Crippen molar-refractivity contribution in [1.82, 2.24) is 10.2 Å². The van der Waals surface area contributed by atoms with E-state index in [1.54, 1.807) is 62.1 Å². The molecule has 3 rings (SSSR count). The number of terminal acetylenes is 1. The Balaban J connectivity index is 2.07. The second-order valence-electron chi connectivity index (χ2n) is 11.4. The van der Waals surface area contributed by atoms with Crippen LogP contribution in [0.25, 0.3) is 0 Å². The zero-order chi connectivity index (χ0) is 28.9. The molecule has 0 radical (unpaired) electrons. The highest BCUT2D eigenvalue weighted by Crippen LogP contribution is 2.38. The molecular formula is C31H38ClN3O4. The van der Waals surface area contributed by atoms with E-state index in [1.165, 1.54) is 0 Å². The van der Waals surface area contributed by atoms with Gasteiger partial charge < -0.3 is 20.3 Å². The van der Waals surface area contributed by atoms with Gasteiger partial charge in [0.1, 0.15) is 17.7 Å². The SMILES string of the molecule is C#Cc1ccccc1C(C(=O)Nc1c(C)cccc1Cl)N(C(=O)C(CC(C)C)NC(=O)OC(C)(C)C)C1CC1. The number of carbonyl (C=O) groups excluding carboxylic acids is 3. The Morgan fingerprint density at radius 2 is 1.79 bits per heavy atom. The number of nitrogens with one attached hydrogen (secondary N) is 2. The molecule has 0 saturated heterocycles. The number of rotatable bonds is 9. The fourth-order valence-electron chi connectivity index (χ4n) is 4.46. The summed E-state index contributed by atoms with van der Waals surface area (Å²) in [4.78, 5) is 42.7. The first-order chi connectivity index (χ1) is 18.3. The number of aryl methyl sites for hydroxylation is 1. The quantitative estimate of drug-likeness (QED) is 0.361. The van der Waals surface area contributed by atoms with Gasteiger partial charge in [0, 0.05) is 11.6 Å². The summed E-state index contributed by atoms with van der Waals surface area (Å²) in [6.07, 6.45) is 6.98. The summed E-state index contributed by atoms with van der Waals surface area (Å²) in [5, 5.41) is 6.11. The van der Waals surface area contributed by atoms with E-state index in [0.717, 1.165) is 18.4 Å². The third kappa shape index (κ3) is 8.00. The monoisotopic (exact) mass is 551 g/mol. The van der Waals surface area contributed by atoms with Gasteiger partial charge in [-0.2, -0.15) is 0 Å². The molecule has 1 fully saturated rings. The largest absolute Gasteiger partial charge is 0.444 e. The normalized spacial score (nSPS) is 14.6. The van der Waals surface area contributed by atoms with Crippen LogP contribution in [0.5, 0.6) is 0 Å². The highest BCUT2D eigenvalue weighted by atomic mass is 35.5. The van der Waals surface area contributed by atoms with Gasteiger partial charge in [-0.05, 0) is 76.1 Å². The number of nitrogens with zero attached hydrogens (tertiary/aromatic N) is 1. The van der Waals surface area contributed by atoms with Crippen LogP contribution < -0.4 is 10.6 Å². The van der Waals surface area contributed by atoms with Gasteiger partial charge >= 0.3 is 6.09 Å². The van der Waals surface area contributed by atoms with Gasteiger partial charge in [0.2, 0.25) is 5.91 Å². The second kappa shape index (κ2) is 12.6. The molecule has 8 heteroatoms. The van der Waals surface area contributed by atoms with Gasteiger partial charge in [0.05, 0.1) is 10.7 Å². The van der Waals surface area contributed by atoms with Gasteiger partial charge in [-0.25, -0.2) is 4.79 Å². The van der Waals surface area contributed by atoms with Crippen molar-refractivity contribution in [1.29, 1.82) is 0 Å². The van der Waals surface area contributed by atoms with Crippen LogP contribution in [0.2, 0.25) is 5.02 Å². The maximum Gasteiger partial charge on any atom is 0.408 e. The van der Waals surface area contributed by atoms with Crippen LogP contribution in [0.4, 0.5) is 10.5 Å². The third-order valence-electron chi connectivity index (χ3n) is 6.30. The summed E-state index contributed by atoms with van der Waals surface area (Å²) in [6.45, 7) is 11.1. The molecule has 0 bridgehead atoms. The molecule has 2 N–H and O–H groups in total. The van der Waals surface area contributed by atoms with Gasteiger partial charge in [-0.15, -0.1) is 6.42 Å². The topological polar surface area (TPSA) is 87.7 Å². The van der Waals surface area contributed by atoms with Gasteiger partial charge in [0.25, 0.3) is 5.91 Å². The van der Waals surface area contributed by atoms with Crippen molar-refractivity contribution in [3.8, 4) is 12.3 Å². The summed E-state index contributed by atoms with van der Waals surface area (Å²) < 4.78 is 5.45. The molecular weight excluding hydrogens is 514 g/mol. The fourth-order valence-corrected chi connectivity index (χ4v) is 4.73. The predicted octanol–water partition coefficient (Wildman–Crippen LogP) is 6.24. The van der Waals surface area contributed by atoms with Crippen molar-refractivity contribution in [3.63, 3.8) is 0 Å². The lowest BCUT2D eigenvalue weighted by Gasteiger charge is -2.35. The number of hydrogen-bond donors (Lipinski definition) is 2. The van der Waals surface area contributed by atoms with E-state index >= 15 is 0 Å². The first kappa shape index (κ1) is 30.0. The lowest BCUT2D eigenvalue weighted by Crippen LogP contribution is -2.53. The molecule has 0 spiro atoms. The average Bonchev–Trinajstić information content (AvgIpc) is 3.67. The van der Waals surface area contributed by atoms with E-state index in [9.17, 15) is 14.4 Å². The van der Waals surface area contributed by atoms with E-state index in [-0.39, 0.29) is 17.9 Å². The van der Waals surface area contributed by atoms with Crippen LogP contribution in [-0.4, -0.2) is 40.5 Å². The van der Waals surface area contributed by atoms with Gasteiger partial charge in [0.15, 0.2) is 0 Å². The van der Waals surface area contributed by atoms with Crippen LogP contribution in [0.3, 0.4) is 0 Å². The van der Waals surface area contributed by atoms with Gasteiger partial charge in [-0.3, -0.25) is 9.59 Å². The molecule has 7 nitrogen and oxygen atoms in total. The number of alkyl carbamates (subject to hydrolysis) is 1. The average molecular weight is 552 g/mol. The number of ether oxygens (including phenoxy) is 1. The maximum atomic E-state index is 14.3. The Kier molecular flexibility index (Phi) is 9.68. The van der Waals surface area contributed by atoms with E-state index in [2.05, 4.69) is 16.6 Å². The summed E-state index contributed by atoms with van der Waals surface area (Å²) in [5.74, 6) is 1.95. The highest BCUT2D eigenvalue weighted by Gasteiger charge is 2.45. The maximum absolute atomic E-state index is 14.3. The van der Waals surface area contributed by atoms with E-state index in [0.29, 0.717) is 28.3 Å². The standard InChI is InChI=1S/C31H38ClN3O4/c1-8-21-13-9-10-14-23(21)27(28(36)34-26-20(4)12-11-15-24(26)32)35(22-16-17-22)29(37)25(18-19(2)3)33-30(38)39-31(5,6)7/h1,9-15,19,22,25,27H,16-18H2,2-7H3,(H,33,38)(H,34,36). The minimum absolute atomic E-state index is 0.0889. The van der Waals surface area contributed by atoms with E-state index in [4.69, 9.17) is 22.8 Å². The number of hydrogen-bond acceptors (Lipinski definition) is 4. The Morgan fingerprint density at radius 1 is 1.13 bits per heavy atom. The molecule has 2 aromatic carbocycles. The van der Waals surface area contributed by atoms with Crippen molar-refractivity contribution < 1.29 is 19.1 Å². The van der Waals surface area contributed by atoms with Crippen LogP contribution >= 0.6 is 11.6 Å². The zero-order valence-electron chi connectivity index (χ0n) is 23.5. The van der Waals surface area contributed by atoms with Crippen LogP contribution in [0.15, 0.2) is 42.5 Å². The van der Waals surface area contributed by atoms with Crippen molar-refractivity contribution in [2.75, 3.05) is 5.32 Å². The van der Waals surface area contributed by atoms with Crippen LogP contribution in [0, 0.1) is 25.2 Å². The smallest absolute Gasteiger partial charge is 0.408 e. The third-order valence-corrected chi connectivity index (χ3v) is 6.61. The van der Waals surface area contributed by atoms with Crippen molar-refractivity contribution >= 4 is 35.2 Å². The number of para-hydroxylation sites is 1. The highest BCUT2D eigenvalue weighted by molar-refractivity contribution is 6.34. The fraction of sp³-hybridized carbons (Fsp3) is 0.452. The van der Waals surface area contributed by atoms with Gasteiger partial charge in [-0.1, -0.05) is 61.7 Å². The van der Waals surface area contributed by atoms with Crippen molar-refractivity contribution in [2.45, 2.75) is 84.5 Å². The molecule has 1 aliphatic rings. The predicted molar refractivity (Wildman–Crippen MR) is 154 cm³/mol. The lowest BCUT2D eigenvalue weighted by molar-refractivity contribution is -0.141. The zero-order valence-corrected chi connectivity index (χ0v) is 24.3. The Labute approximate surface area is 236 Å². The summed E-state index contributed by atoms with van der Waals surface area (Å²) >= 11 is 6.43. The number of carbonyl (C=O) groups is 3. The van der Waals surface area contributed by atoms with Crippen LogP contribution in [0.1, 0.15) is 76.6 Å². The number of amides is 3. The lowest BCUT2D eigenvalue weighted by atomic mass is 9.95. The van der Waals surface area contributed by atoms with Crippen molar-refractivity contribution in [2.24, 2.45) is 5.92 Å². The molecule has 3 amide bonds. The number of benzene rings is 2. The molecule has 0 heterocycles. The van der Waals surface area contributed by atoms with E-state index < -0.39 is 29.7 Å². The minimum Gasteiger partial charge on any atom is -0.444 e. The Hall–Kier alpha value is -3.50. The summed E-state index contributed by atoms with van der Waals surface area (Å²) in [7, 11) is 0. The molecule has 1 aliphatic carbocycles. The first-order valence-electron chi connectivity index (χ1n) is 13.3. The minimum atomic E-state index is -1.04. The molecule has 2 aromatic rings. The first-order valence-corrected chi connectivity index (χ1v) is 13.6. The molecule has 0 aliphatic heterocycles. The van der Waals surface area contributed by atoms with Crippen LogP contribution in [-0.2, 0) is 14.3 Å².